The minimum atomic E-state index is -0.292. The summed E-state index contributed by atoms with van der Waals surface area (Å²) in [7, 11) is 2.03. The summed E-state index contributed by atoms with van der Waals surface area (Å²) in [5.74, 6) is -0.0248. The normalized spacial score (nSPS) is 22.1. The van der Waals surface area contributed by atoms with Gasteiger partial charge in [-0.05, 0) is 37.7 Å². The second-order valence-electron chi connectivity index (χ2n) is 4.53. The monoisotopic (exact) mass is 234 g/mol. The topological polar surface area (TPSA) is 32.7 Å². The van der Waals surface area contributed by atoms with Crippen molar-refractivity contribution in [3.05, 3.63) is 35.6 Å². The van der Waals surface area contributed by atoms with Crippen molar-refractivity contribution in [3.63, 3.8) is 0 Å². The van der Waals surface area contributed by atoms with E-state index < -0.39 is 0 Å². The molecule has 1 heterocycles. The first-order chi connectivity index (χ1) is 8.20. The van der Waals surface area contributed by atoms with E-state index in [0.29, 0.717) is 0 Å². The van der Waals surface area contributed by atoms with Gasteiger partial charge in [-0.1, -0.05) is 12.1 Å². The van der Waals surface area contributed by atoms with Crippen LogP contribution in [-0.2, 0) is 4.79 Å². The largest absolute Gasteiger partial charge is 0.306 e. The fraction of sp³-hybridized carbons (Fsp3) is 0.462. The first-order valence-corrected chi connectivity index (χ1v) is 5.71. The number of isocyanates is 1. The van der Waals surface area contributed by atoms with Gasteiger partial charge in [-0.2, -0.15) is 4.99 Å². The molecule has 2 rings (SSSR count). The average Bonchev–Trinajstić information content (AvgIpc) is 2.72. The third-order valence-electron chi connectivity index (χ3n) is 3.26. The molecule has 0 aliphatic carbocycles. The van der Waals surface area contributed by atoms with Crippen molar-refractivity contribution in [1.82, 2.24) is 4.90 Å². The van der Waals surface area contributed by atoms with Crippen molar-refractivity contribution in [3.8, 4) is 0 Å². The Balaban J connectivity index is 2.26. The Kier molecular flexibility index (Phi) is 3.67. The zero-order valence-electron chi connectivity index (χ0n) is 9.77. The Hall–Kier alpha value is -1.51. The van der Waals surface area contributed by atoms with Crippen molar-refractivity contribution >= 4 is 6.08 Å². The number of hydrogen-bond donors (Lipinski definition) is 0. The van der Waals surface area contributed by atoms with Gasteiger partial charge in [0.1, 0.15) is 5.82 Å². The van der Waals surface area contributed by atoms with Crippen molar-refractivity contribution in [2.75, 3.05) is 20.1 Å². The molecular weight excluding hydrogens is 219 g/mol. The lowest BCUT2D eigenvalue weighted by Crippen LogP contribution is -2.17. The van der Waals surface area contributed by atoms with E-state index in [9.17, 15) is 9.18 Å². The summed E-state index contributed by atoms with van der Waals surface area (Å²) in [4.78, 5) is 16.6. The molecule has 2 unspecified atom stereocenters. The quantitative estimate of drug-likeness (QED) is 0.593. The van der Waals surface area contributed by atoms with Crippen LogP contribution in [0.3, 0.4) is 0 Å². The maximum Gasteiger partial charge on any atom is 0.235 e. The molecule has 1 saturated heterocycles. The number of aliphatic imine (C=N–C) groups is 1. The molecule has 0 spiro atoms. The maximum atomic E-state index is 13.2. The Labute approximate surface area is 100.0 Å². The smallest absolute Gasteiger partial charge is 0.235 e. The van der Waals surface area contributed by atoms with Crippen LogP contribution >= 0.6 is 0 Å². The standard InChI is InChI=1S/C13H15FN2O/c1-16-6-5-11(8-16)13(15-9-17)10-3-2-4-12(14)7-10/h2-4,7,11,13H,5-6,8H2,1H3. The van der Waals surface area contributed by atoms with Crippen molar-refractivity contribution in [2.45, 2.75) is 12.5 Å². The molecule has 0 amide bonds. The van der Waals surface area contributed by atoms with Crippen molar-refractivity contribution in [1.29, 1.82) is 0 Å². The predicted molar refractivity (Wildman–Crippen MR) is 62.9 cm³/mol. The molecule has 0 saturated carbocycles. The van der Waals surface area contributed by atoms with Crippen LogP contribution in [0.4, 0.5) is 4.39 Å². The lowest BCUT2D eigenvalue weighted by molar-refractivity contribution is 0.372. The molecular formula is C13H15FN2O. The fourth-order valence-electron chi connectivity index (χ4n) is 2.43. The average molecular weight is 234 g/mol. The Morgan fingerprint density at radius 3 is 3.00 bits per heavy atom. The molecule has 1 aromatic carbocycles. The van der Waals surface area contributed by atoms with Gasteiger partial charge >= 0.3 is 0 Å². The van der Waals surface area contributed by atoms with Crippen LogP contribution in [0.25, 0.3) is 0 Å². The summed E-state index contributed by atoms with van der Waals surface area (Å²) in [6.07, 6.45) is 2.59. The first kappa shape index (κ1) is 12.0. The molecule has 0 radical (unpaired) electrons. The van der Waals surface area contributed by atoms with E-state index in [1.807, 2.05) is 13.1 Å². The van der Waals surface area contributed by atoms with Crippen LogP contribution in [-0.4, -0.2) is 31.1 Å². The van der Waals surface area contributed by atoms with Gasteiger partial charge in [0.2, 0.25) is 6.08 Å². The first-order valence-electron chi connectivity index (χ1n) is 5.71. The van der Waals surface area contributed by atoms with E-state index in [1.54, 1.807) is 12.1 Å². The summed E-state index contributed by atoms with van der Waals surface area (Å²) < 4.78 is 13.2. The number of nitrogens with zero attached hydrogens (tertiary/aromatic N) is 2. The molecule has 1 aliphatic rings. The second kappa shape index (κ2) is 5.21. The van der Waals surface area contributed by atoms with Gasteiger partial charge < -0.3 is 4.90 Å². The molecule has 3 nitrogen and oxygen atoms in total. The van der Waals surface area contributed by atoms with Gasteiger partial charge in [0.15, 0.2) is 0 Å². The molecule has 1 aliphatic heterocycles. The molecule has 1 fully saturated rings. The minimum Gasteiger partial charge on any atom is -0.306 e. The number of hydrogen-bond acceptors (Lipinski definition) is 3. The van der Waals surface area contributed by atoms with Crippen molar-refractivity contribution in [2.24, 2.45) is 10.9 Å². The minimum absolute atomic E-state index is 0.267. The van der Waals surface area contributed by atoms with Crippen LogP contribution < -0.4 is 0 Å². The highest BCUT2D eigenvalue weighted by atomic mass is 19.1. The molecule has 1 aromatic rings. The van der Waals surface area contributed by atoms with Gasteiger partial charge in [0.05, 0.1) is 6.04 Å². The Morgan fingerprint density at radius 2 is 2.41 bits per heavy atom. The van der Waals surface area contributed by atoms with Gasteiger partial charge in [0, 0.05) is 12.5 Å². The summed E-state index contributed by atoms with van der Waals surface area (Å²) in [6, 6.07) is 6.03. The van der Waals surface area contributed by atoms with Crippen LogP contribution in [0.2, 0.25) is 0 Å². The number of likely N-dealkylation sites (tertiary alicyclic amines) is 1. The lowest BCUT2D eigenvalue weighted by Gasteiger charge is -2.18. The zero-order valence-corrected chi connectivity index (χ0v) is 9.77. The van der Waals surface area contributed by atoms with E-state index in [4.69, 9.17) is 0 Å². The highest BCUT2D eigenvalue weighted by Crippen LogP contribution is 2.32. The van der Waals surface area contributed by atoms with Gasteiger partial charge in [-0.25, -0.2) is 9.18 Å². The highest BCUT2D eigenvalue weighted by Gasteiger charge is 2.28. The fourth-order valence-corrected chi connectivity index (χ4v) is 2.43. The van der Waals surface area contributed by atoms with Gasteiger partial charge in [-0.3, -0.25) is 0 Å². The molecule has 0 aromatic heterocycles. The highest BCUT2D eigenvalue weighted by molar-refractivity contribution is 5.36. The Morgan fingerprint density at radius 1 is 1.59 bits per heavy atom. The number of benzene rings is 1. The second-order valence-corrected chi connectivity index (χ2v) is 4.53. The van der Waals surface area contributed by atoms with E-state index >= 15 is 0 Å². The molecule has 0 bridgehead atoms. The molecule has 17 heavy (non-hydrogen) atoms. The maximum absolute atomic E-state index is 13.2. The molecule has 4 heteroatoms. The van der Waals surface area contributed by atoms with Crippen molar-refractivity contribution < 1.29 is 9.18 Å². The van der Waals surface area contributed by atoms with E-state index in [-0.39, 0.29) is 17.8 Å². The molecule has 90 valence electrons. The third kappa shape index (κ3) is 2.78. The lowest BCUT2D eigenvalue weighted by atomic mass is 9.93. The van der Waals surface area contributed by atoms with E-state index in [1.165, 1.54) is 12.1 Å². The van der Waals surface area contributed by atoms with Crippen LogP contribution in [0.5, 0.6) is 0 Å². The molecule has 2 atom stereocenters. The predicted octanol–water partition coefficient (Wildman–Crippen LogP) is 2.15. The zero-order chi connectivity index (χ0) is 12.3. The van der Waals surface area contributed by atoms with Crippen LogP contribution in [0.15, 0.2) is 29.3 Å². The summed E-state index contributed by atoms with van der Waals surface area (Å²) in [5, 5.41) is 0. The third-order valence-corrected chi connectivity index (χ3v) is 3.26. The van der Waals surface area contributed by atoms with E-state index in [2.05, 4.69) is 9.89 Å². The summed E-state index contributed by atoms with van der Waals surface area (Å²) >= 11 is 0. The van der Waals surface area contributed by atoms with Gasteiger partial charge in [0.25, 0.3) is 0 Å². The number of carbonyl (C=O) groups excluding carboxylic acids is 1. The summed E-state index contributed by atoms with van der Waals surface area (Å²) in [6.45, 7) is 1.87. The molecule has 0 N–H and O–H groups in total. The Bertz CT molecular complexity index is 443. The number of rotatable bonds is 3. The SMILES string of the molecule is CN1CCC(C(N=C=O)c2cccc(F)c2)C1. The van der Waals surface area contributed by atoms with Crippen LogP contribution in [0, 0.1) is 11.7 Å². The van der Waals surface area contributed by atoms with E-state index in [0.717, 1.165) is 25.1 Å². The van der Waals surface area contributed by atoms with Gasteiger partial charge in [-0.15, -0.1) is 0 Å². The van der Waals surface area contributed by atoms with Crippen LogP contribution in [0.1, 0.15) is 18.0 Å². The summed E-state index contributed by atoms with van der Waals surface area (Å²) in [5.41, 5.74) is 0.758. The number of halogens is 1.